The first-order chi connectivity index (χ1) is 15.0. The van der Waals surface area contributed by atoms with E-state index < -0.39 is 5.60 Å². The third kappa shape index (κ3) is 4.02. The number of likely N-dealkylation sites (tertiary alicyclic amines) is 1. The van der Waals surface area contributed by atoms with Crippen molar-refractivity contribution in [2.45, 2.75) is 50.7 Å². The van der Waals surface area contributed by atoms with E-state index in [4.69, 9.17) is 9.47 Å². The summed E-state index contributed by atoms with van der Waals surface area (Å²) in [4.78, 5) is 15.1. The fraction of sp³-hybridized carbons (Fsp3) is 0.480. The van der Waals surface area contributed by atoms with Crippen LogP contribution >= 0.6 is 0 Å². The van der Waals surface area contributed by atoms with Crippen molar-refractivity contribution in [2.24, 2.45) is 5.92 Å². The maximum atomic E-state index is 12.9. The van der Waals surface area contributed by atoms with Crippen LogP contribution in [0.5, 0.6) is 11.5 Å². The molecule has 2 aromatic rings. The Morgan fingerprint density at radius 3 is 2.77 bits per heavy atom. The van der Waals surface area contributed by atoms with Gasteiger partial charge in [-0.05, 0) is 56.0 Å². The molecule has 164 valence electrons. The van der Waals surface area contributed by atoms with Gasteiger partial charge in [0.2, 0.25) is 12.7 Å². The zero-order valence-electron chi connectivity index (χ0n) is 18.0. The van der Waals surface area contributed by atoms with Crippen molar-refractivity contribution in [3.63, 3.8) is 0 Å². The third-order valence-electron chi connectivity index (χ3n) is 7.09. The van der Waals surface area contributed by atoms with E-state index in [1.165, 1.54) is 0 Å². The summed E-state index contributed by atoms with van der Waals surface area (Å²) in [6.45, 7) is 3.24. The average molecular weight is 423 g/mol. The van der Waals surface area contributed by atoms with E-state index >= 15 is 0 Å². The fourth-order valence-corrected chi connectivity index (χ4v) is 5.48. The van der Waals surface area contributed by atoms with Gasteiger partial charge in [-0.3, -0.25) is 9.69 Å². The summed E-state index contributed by atoms with van der Waals surface area (Å²) in [5.41, 5.74) is 2.38. The Labute approximate surface area is 183 Å². The van der Waals surface area contributed by atoms with Gasteiger partial charge in [-0.25, -0.2) is 0 Å². The molecule has 0 spiro atoms. The minimum atomic E-state index is -0.663. The number of nitrogens with zero attached hydrogens (tertiary/aromatic N) is 1. The molecule has 2 N–H and O–H groups in total. The second-order valence-corrected chi connectivity index (χ2v) is 9.15. The molecule has 1 amide bonds. The molecule has 2 aliphatic heterocycles. The average Bonchev–Trinajstić information content (AvgIpc) is 3.23. The van der Waals surface area contributed by atoms with Gasteiger partial charge in [0, 0.05) is 24.2 Å². The second-order valence-electron chi connectivity index (χ2n) is 9.15. The number of hydrogen-bond acceptors (Lipinski definition) is 5. The van der Waals surface area contributed by atoms with Crippen LogP contribution in [-0.4, -0.2) is 41.4 Å². The zero-order valence-corrected chi connectivity index (χ0v) is 18.0. The van der Waals surface area contributed by atoms with Gasteiger partial charge in [0.25, 0.3) is 0 Å². The number of anilines is 1. The predicted molar refractivity (Wildman–Crippen MR) is 118 cm³/mol. The molecule has 2 heterocycles. The molecule has 31 heavy (non-hydrogen) atoms. The lowest BCUT2D eigenvalue weighted by Gasteiger charge is -2.52. The molecule has 1 saturated carbocycles. The molecule has 0 aromatic heterocycles. The highest BCUT2D eigenvalue weighted by atomic mass is 16.7. The number of hydrogen-bond donors (Lipinski definition) is 2. The lowest BCUT2D eigenvalue weighted by Crippen LogP contribution is -2.56. The number of amides is 1. The molecule has 0 radical (unpaired) electrons. The molecule has 1 saturated heterocycles. The van der Waals surface area contributed by atoms with Crippen molar-refractivity contribution in [3.05, 3.63) is 53.6 Å². The van der Waals surface area contributed by atoms with Gasteiger partial charge in [0.1, 0.15) is 0 Å². The molecule has 1 aliphatic carbocycles. The summed E-state index contributed by atoms with van der Waals surface area (Å²) < 4.78 is 11.1. The first-order valence-electron chi connectivity index (χ1n) is 11.2. The number of ether oxygens (including phenoxy) is 2. The van der Waals surface area contributed by atoms with Crippen LogP contribution in [0.25, 0.3) is 0 Å². The van der Waals surface area contributed by atoms with Gasteiger partial charge in [0.15, 0.2) is 11.5 Å². The van der Waals surface area contributed by atoms with E-state index in [-0.39, 0.29) is 24.7 Å². The molecular formula is C25H30N2O4. The Morgan fingerprint density at radius 2 is 1.94 bits per heavy atom. The van der Waals surface area contributed by atoms with Crippen molar-refractivity contribution in [1.29, 1.82) is 0 Å². The molecule has 3 atom stereocenters. The predicted octanol–water partition coefficient (Wildman–Crippen LogP) is 4.03. The Kier molecular flexibility index (Phi) is 5.36. The molecule has 2 fully saturated rings. The van der Waals surface area contributed by atoms with E-state index in [9.17, 15) is 9.90 Å². The van der Waals surface area contributed by atoms with Crippen LogP contribution in [0.1, 0.15) is 49.3 Å². The normalized spacial score (nSPS) is 27.5. The van der Waals surface area contributed by atoms with E-state index in [0.29, 0.717) is 19.5 Å². The number of piperidine rings is 1. The topological polar surface area (TPSA) is 71.0 Å². The van der Waals surface area contributed by atoms with E-state index in [1.807, 2.05) is 43.3 Å². The Morgan fingerprint density at radius 1 is 1.13 bits per heavy atom. The van der Waals surface area contributed by atoms with Crippen molar-refractivity contribution in [2.75, 3.05) is 25.2 Å². The van der Waals surface area contributed by atoms with Crippen molar-refractivity contribution in [3.8, 4) is 11.5 Å². The van der Waals surface area contributed by atoms with Crippen LogP contribution in [0.15, 0.2) is 42.5 Å². The summed E-state index contributed by atoms with van der Waals surface area (Å²) in [7, 11) is 0. The number of aliphatic hydroxyl groups is 1. The Bertz CT molecular complexity index is 960. The van der Waals surface area contributed by atoms with Crippen LogP contribution in [-0.2, 0) is 4.79 Å². The van der Waals surface area contributed by atoms with Crippen LogP contribution in [0.4, 0.5) is 5.69 Å². The Hall–Kier alpha value is -2.57. The number of aryl methyl sites for hydroxylation is 1. The quantitative estimate of drug-likeness (QED) is 0.779. The maximum Gasteiger partial charge on any atom is 0.238 e. The molecule has 0 unspecified atom stereocenters. The first-order valence-corrected chi connectivity index (χ1v) is 11.2. The fourth-order valence-electron chi connectivity index (χ4n) is 5.48. The highest BCUT2D eigenvalue weighted by molar-refractivity contribution is 5.92. The highest BCUT2D eigenvalue weighted by Gasteiger charge is 2.49. The van der Waals surface area contributed by atoms with Crippen molar-refractivity contribution in [1.82, 2.24) is 4.90 Å². The summed E-state index contributed by atoms with van der Waals surface area (Å²) in [6.07, 6.45) is 4.68. The minimum absolute atomic E-state index is 0.0303. The molecule has 6 nitrogen and oxygen atoms in total. The number of rotatable bonds is 4. The minimum Gasteiger partial charge on any atom is -0.454 e. The standard InChI is InChI=1S/C25H30N2O4/c1-17-5-8-19(9-6-17)26-23(28)15-27-13-12-25(29)11-3-2-4-20(25)24(27)18-7-10-21-22(14-18)31-16-30-21/h5-10,14,20,24,29H,2-4,11-13,15-16H2,1H3,(H,26,28)/t20-,24-,25-/m1/s1. The number of fused-ring (bicyclic) bond motifs is 2. The van der Waals surface area contributed by atoms with Crippen molar-refractivity contribution < 1.29 is 19.4 Å². The van der Waals surface area contributed by atoms with Gasteiger partial charge >= 0.3 is 0 Å². The monoisotopic (exact) mass is 422 g/mol. The number of carbonyl (C=O) groups is 1. The lowest BCUT2D eigenvalue weighted by molar-refractivity contribution is -0.135. The zero-order chi connectivity index (χ0) is 21.4. The number of nitrogens with one attached hydrogen (secondary N) is 1. The molecule has 0 bridgehead atoms. The molecule has 6 heteroatoms. The van der Waals surface area contributed by atoms with Gasteiger partial charge in [-0.1, -0.05) is 36.6 Å². The molecular weight excluding hydrogens is 392 g/mol. The molecule has 2 aromatic carbocycles. The summed E-state index contributed by atoms with van der Waals surface area (Å²) in [5.74, 6) is 1.56. The molecule has 5 rings (SSSR count). The number of benzene rings is 2. The van der Waals surface area contributed by atoms with Gasteiger partial charge < -0.3 is 19.9 Å². The van der Waals surface area contributed by atoms with E-state index in [1.54, 1.807) is 0 Å². The van der Waals surface area contributed by atoms with Gasteiger partial charge in [-0.2, -0.15) is 0 Å². The SMILES string of the molecule is Cc1ccc(NC(=O)CN2CC[C@]3(O)CCCC[C@@H]3[C@H]2c2ccc3c(c2)OCO3)cc1. The Balaban J connectivity index is 1.40. The smallest absolute Gasteiger partial charge is 0.238 e. The van der Waals surface area contributed by atoms with Crippen LogP contribution in [0.3, 0.4) is 0 Å². The van der Waals surface area contributed by atoms with E-state index in [0.717, 1.165) is 54.0 Å². The number of carbonyl (C=O) groups excluding carboxylic acids is 1. The summed E-state index contributed by atoms with van der Waals surface area (Å²) in [5, 5.41) is 14.5. The van der Waals surface area contributed by atoms with Gasteiger partial charge in [-0.15, -0.1) is 0 Å². The molecule has 3 aliphatic rings. The van der Waals surface area contributed by atoms with E-state index in [2.05, 4.69) is 16.3 Å². The summed E-state index contributed by atoms with van der Waals surface area (Å²) in [6, 6.07) is 13.8. The lowest BCUT2D eigenvalue weighted by atomic mass is 9.66. The van der Waals surface area contributed by atoms with Crippen LogP contribution in [0.2, 0.25) is 0 Å². The largest absolute Gasteiger partial charge is 0.454 e. The highest BCUT2D eigenvalue weighted by Crippen LogP contribution is 2.50. The third-order valence-corrected chi connectivity index (χ3v) is 7.09. The maximum absolute atomic E-state index is 12.9. The first kappa shape index (κ1) is 20.3. The van der Waals surface area contributed by atoms with Gasteiger partial charge in [0.05, 0.1) is 12.1 Å². The van der Waals surface area contributed by atoms with Crippen LogP contribution < -0.4 is 14.8 Å². The van der Waals surface area contributed by atoms with Crippen molar-refractivity contribution >= 4 is 11.6 Å². The van der Waals surface area contributed by atoms with Crippen LogP contribution in [0, 0.1) is 12.8 Å². The summed E-state index contributed by atoms with van der Waals surface area (Å²) >= 11 is 0. The second kappa shape index (κ2) is 8.17.